The molecular weight excluding hydrogens is 346 g/mol. The standard InChI is InChI=1S/C16H14ClN5O3/c1-8-13(9(2)21-20-8)18-7-10-14(23)19-16(25)22(15(10)24)12-6-4-3-5-11(12)17/h3-7,24H,1-2H3,(H,20,21)(H,19,23,25). The van der Waals surface area contributed by atoms with Gasteiger partial charge in [-0.1, -0.05) is 23.7 Å². The van der Waals surface area contributed by atoms with Gasteiger partial charge in [-0.2, -0.15) is 5.10 Å². The Bertz CT molecular complexity index is 1070. The van der Waals surface area contributed by atoms with Gasteiger partial charge in [0, 0.05) is 6.21 Å². The Morgan fingerprint density at radius 2 is 2.00 bits per heavy atom. The second kappa shape index (κ2) is 6.40. The normalized spacial score (nSPS) is 11.3. The Kier molecular flexibility index (Phi) is 4.28. The molecule has 0 unspecified atom stereocenters. The van der Waals surface area contributed by atoms with E-state index >= 15 is 0 Å². The number of nitrogens with one attached hydrogen (secondary N) is 2. The molecule has 3 aromatic rings. The monoisotopic (exact) mass is 359 g/mol. The molecule has 0 amide bonds. The van der Waals surface area contributed by atoms with Crippen LogP contribution >= 0.6 is 11.6 Å². The maximum absolute atomic E-state index is 12.1. The number of aliphatic imine (C=N–C) groups is 1. The number of hydrogen-bond acceptors (Lipinski definition) is 5. The number of hydrogen-bond donors (Lipinski definition) is 3. The van der Waals surface area contributed by atoms with E-state index in [2.05, 4.69) is 20.2 Å². The van der Waals surface area contributed by atoms with Crippen LogP contribution in [0.5, 0.6) is 5.88 Å². The fourth-order valence-corrected chi connectivity index (χ4v) is 2.60. The van der Waals surface area contributed by atoms with Crippen molar-refractivity contribution in [2.24, 2.45) is 4.99 Å². The highest BCUT2D eigenvalue weighted by Gasteiger charge is 2.16. The first-order chi connectivity index (χ1) is 11.9. The first-order valence-corrected chi connectivity index (χ1v) is 7.66. The summed E-state index contributed by atoms with van der Waals surface area (Å²) in [7, 11) is 0. The Balaban J connectivity index is 2.20. The van der Waals surface area contributed by atoms with Crippen molar-refractivity contribution in [3.05, 3.63) is 67.1 Å². The minimum Gasteiger partial charge on any atom is -0.493 e. The topological polar surface area (TPSA) is 116 Å². The van der Waals surface area contributed by atoms with Crippen LogP contribution < -0.4 is 11.2 Å². The highest BCUT2D eigenvalue weighted by atomic mass is 35.5. The Morgan fingerprint density at radius 3 is 2.64 bits per heavy atom. The Hall–Kier alpha value is -3.13. The lowest BCUT2D eigenvalue weighted by atomic mass is 10.2. The van der Waals surface area contributed by atoms with E-state index in [4.69, 9.17) is 11.6 Å². The van der Waals surface area contributed by atoms with Gasteiger partial charge in [0.2, 0.25) is 5.88 Å². The van der Waals surface area contributed by atoms with E-state index < -0.39 is 17.1 Å². The number of rotatable bonds is 3. The van der Waals surface area contributed by atoms with Gasteiger partial charge in [0.05, 0.1) is 22.1 Å². The molecule has 0 atom stereocenters. The molecule has 3 N–H and O–H groups in total. The van der Waals surface area contributed by atoms with Crippen LogP contribution in [0.2, 0.25) is 5.02 Å². The quantitative estimate of drug-likeness (QED) is 0.620. The molecule has 3 rings (SSSR count). The maximum atomic E-state index is 12.1. The Morgan fingerprint density at radius 1 is 1.28 bits per heavy atom. The molecular formula is C16H14ClN5O3. The van der Waals surface area contributed by atoms with Crippen molar-refractivity contribution < 1.29 is 5.11 Å². The smallest absolute Gasteiger partial charge is 0.335 e. The van der Waals surface area contributed by atoms with Crippen molar-refractivity contribution in [2.75, 3.05) is 0 Å². The molecule has 0 fully saturated rings. The van der Waals surface area contributed by atoms with Crippen molar-refractivity contribution in [1.29, 1.82) is 0 Å². The summed E-state index contributed by atoms with van der Waals surface area (Å²) in [6.45, 7) is 3.53. The molecule has 0 spiro atoms. The molecule has 2 aromatic heterocycles. The lowest BCUT2D eigenvalue weighted by Gasteiger charge is -2.10. The number of aromatic amines is 2. The Labute approximate surface area is 146 Å². The van der Waals surface area contributed by atoms with E-state index in [9.17, 15) is 14.7 Å². The predicted molar refractivity (Wildman–Crippen MR) is 94.7 cm³/mol. The van der Waals surface area contributed by atoms with Crippen molar-refractivity contribution in [2.45, 2.75) is 13.8 Å². The van der Waals surface area contributed by atoms with Crippen LogP contribution in [-0.4, -0.2) is 31.1 Å². The predicted octanol–water partition coefficient (Wildman–Crippen LogP) is 1.98. The van der Waals surface area contributed by atoms with Crippen molar-refractivity contribution >= 4 is 23.5 Å². The van der Waals surface area contributed by atoms with E-state index in [1.807, 2.05) is 0 Å². The third-order valence-electron chi connectivity index (χ3n) is 3.63. The van der Waals surface area contributed by atoms with Gasteiger partial charge in [-0.25, -0.2) is 9.36 Å². The van der Waals surface area contributed by atoms with Gasteiger partial charge in [0.15, 0.2) is 0 Å². The molecule has 0 aliphatic rings. The van der Waals surface area contributed by atoms with Gasteiger partial charge in [0.1, 0.15) is 11.3 Å². The lowest BCUT2D eigenvalue weighted by Crippen LogP contribution is -2.31. The third kappa shape index (κ3) is 2.99. The zero-order valence-electron chi connectivity index (χ0n) is 13.4. The fraction of sp³-hybridized carbons (Fsp3) is 0.125. The molecule has 0 aliphatic heterocycles. The number of para-hydroxylation sites is 1. The first-order valence-electron chi connectivity index (χ1n) is 7.29. The molecule has 0 saturated carbocycles. The molecule has 0 aliphatic carbocycles. The van der Waals surface area contributed by atoms with Crippen LogP contribution in [-0.2, 0) is 0 Å². The highest BCUT2D eigenvalue weighted by molar-refractivity contribution is 6.32. The second-order valence-corrected chi connectivity index (χ2v) is 5.73. The van der Waals surface area contributed by atoms with Gasteiger partial charge in [-0.3, -0.25) is 19.9 Å². The lowest BCUT2D eigenvalue weighted by molar-refractivity contribution is 0.430. The van der Waals surface area contributed by atoms with Gasteiger partial charge < -0.3 is 5.11 Å². The number of H-pyrrole nitrogens is 2. The summed E-state index contributed by atoms with van der Waals surface area (Å²) in [6.07, 6.45) is 1.19. The average Bonchev–Trinajstić information content (AvgIpc) is 2.87. The third-order valence-corrected chi connectivity index (χ3v) is 3.95. The molecule has 128 valence electrons. The summed E-state index contributed by atoms with van der Waals surface area (Å²) in [5.74, 6) is -0.551. The van der Waals surface area contributed by atoms with Crippen molar-refractivity contribution in [3.8, 4) is 11.6 Å². The van der Waals surface area contributed by atoms with Crippen LogP contribution in [0.4, 0.5) is 5.69 Å². The summed E-state index contributed by atoms with van der Waals surface area (Å²) in [5.41, 5.74) is 0.423. The number of nitrogens with zero attached hydrogens (tertiary/aromatic N) is 3. The SMILES string of the molecule is Cc1n[nH]c(C)c1N=Cc1c(O)n(-c2ccccc2Cl)c(=O)[nH]c1=O. The molecule has 0 radical (unpaired) electrons. The van der Waals surface area contributed by atoms with E-state index in [1.165, 1.54) is 6.21 Å². The summed E-state index contributed by atoms with van der Waals surface area (Å²) in [6, 6.07) is 6.46. The van der Waals surface area contributed by atoms with Crippen LogP contribution in [0.1, 0.15) is 17.0 Å². The number of aryl methyl sites for hydroxylation is 2. The van der Waals surface area contributed by atoms with E-state index in [0.717, 1.165) is 4.57 Å². The average molecular weight is 360 g/mol. The van der Waals surface area contributed by atoms with Crippen molar-refractivity contribution in [1.82, 2.24) is 19.7 Å². The first kappa shape index (κ1) is 16.7. The number of aromatic nitrogens is 4. The zero-order valence-corrected chi connectivity index (χ0v) is 14.1. The van der Waals surface area contributed by atoms with E-state index in [0.29, 0.717) is 17.1 Å². The molecule has 0 bridgehead atoms. The summed E-state index contributed by atoms with van der Waals surface area (Å²) >= 11 is 6.09. The number of aromatic hydroxyl groups is 1. The minimum absolute atomic E-state index is 0.167. The highest BCUT2D eigenvalue weighted by Crippen LogP contribution is 2.24. The molecule has 9 heteroatoms. The van der Waals surface area contributed by atoms with Gasteiger partial charge >= 0.3 is 5.69 Å². The van der Waals surface area contributed by atoms with Gasteiger partial charge in [-0.15, -0.1) is 0 Å². The van der Waals surface area contributed by atoms with Crippen LogP contribution in [0.25, 0.3) is 5.69 Å². The second-order valence-electron chi connectivity index (χ2n) is 5.32. The molecule has 0 saturated heterocycles. The molecule has 8 nitrogen and oxygen atoms in total. The van der Waals surface area contributed by atoms with Gasteiger partial charge in [-0.05, 0) is 26.0 Å². The summed E-state index contributed by atoms with van der Waals surface area (Å²) in [5, 5.41) is 17.5. The largest absolute Gasteiger partial charge is 0.493 e. The van der Waals surface area contributed by atoms with Crippen molar-refractivity contribution in [3.63, 3.8) is 0 Å². The minimum atomic E-state index is -0.802. The molecule has 2 heterocycles. The number of halogens is 1. The molecule has 25 heavy (non-hydrogen) atoms. The fourth-order valence-electron chi connectivity index (χ4n) is 2.38. The van der Waals surface area contributed by atoms with Gasteiger partial charge in [0.25, 0.3) is 5.56 Å². The summed E-state index contributed by atoms with van der Waals surface area (Å²) in [4.78, 5) is 30.6. The summed E-state index contributed by atoms with van der Waals surface area (Å²) < 4.78 is 0.917. The van der Waals surface area contributed by atoms with Crippen LogP contribution in [0.15, 0.2) is 38.8 Å². The zero-order chi connectivity index (χ0) is 18.1. The van der Waals surface area contributed by atoms with E-state index in [1.54, 1.807) is 38.1 Å². The van der Waals surface area contributed by atoms with E-state index in [-0.39, 0.29) is 16.3 Å². The van der Waals surface area contributed by atoms with Crippen LogP contribution in [0.3, 0.4) is 0 Å². The molecule has 1 aromatic carbocycles. The maximum Gasteiger partial charge on any atom is 0.335 e. The van der Waals surface area contributed by atoms with Crippen LogP contribution in [0, 0.1) is 13.8 Å². The number of benzene rings is 1.